The van der Waals surface area contributed by atoms with Crippen molar-refractivity contribution in [2.24, 2.45) is 0 Å². The van der Waals surface area contributed by atoms with Gasteiger partial charge in [0, 0.05) is 6.54 Å². The minimum Gasteiger partial charge on any atom is -0.477 e. The zero-order valence-electron chi connectivity index (χ0n) is 13.4. The Balaban J connectivity index is 2.07. The summed E-state index contributed by atoms with van der Waals surface area (Å²) in [7, 11) is 0. The van der Waals surface area contributed by atoms with Gasteiger partial charge in [-0.15, -0.1) is 0 Å². The predicted octanol–water partition coefficient (Wildman–Crippen LogP) is 5.00. The Morgan fingerprint density at radius 3 is 2.11 bits per heavy atom. The number of benzene rings is 2. The van der Waals surface area contributed by atoms with Crippen molar-refractivity contribution in [2.45, 2.75) is 19.0 Å². The Labute approximate surface area is 148 Å². The van der Waals surface area contributed by atoms with Crippen LogP contribution in [0.15, 0.2) is 24.3 Å². The van der Waals surface area contributed by atoms with Gasteiger partial charge in [0.2, 0.25) is 0 Å². The molecule has 2 aromatic rings. The lowest BCUT2D eigenvalue weighted by atomic mass is 10.1. The van der Waals surface area contributed by atoms with E-state index in [1.807, 2.05) is 0 Å². The molecule has 0 saturated carbocycles. The molecule has 0 amide bonds. The highest BCUT2D eigenvalue weighted by molar-refractivity contribution is 5.89. The van der Waals surface area contributed by atoms with Gasteiger partial charge in [-0.25, -0.2) is 22.4 Å². The third-order valence-corrected chi connectivity index (χ3v) is 3.68. The lowest BCUT2D eigenvalue weighted by Gasteiger charge is -2.12. The van der Waals surface area contributed by atoms with Gasteiger partial charge in [-0.3, -0.25) is 0 Å². The van der Waals surface area contributed by atoms with Crippen LogP contribution in [0.3, 0.4) is 0 Å². The molecule has 146 valence electrons. The van der Waals surface area contributed by atoms with Gasteiger partial charge >= 0.3 is 12.1 Å². The van der Waals surface area contributed by atoms with Gasteiger partial charge in [-0.1, -0.05) is 18.2 Å². The Morgan fingerprint density at radius 2 is 1.59 bits per heavy atom. The Bertz CT molecular complexity index is 836. The van der Waals surface area contributed by atoms with Crippen LogP contribution < -0.4 is 5.32 Å². The van der Waals surface area contributed by atoms with Gasteiger partial charge in [-0.2, -0.15) is 13.2 Å². The van der Waals surface area contributed by atoms with Gasteiger partial charge < -0.3 is 10.4 Å². The second-order valence-corrected chi connectivity index (χ2v) is 5.54. The molecule has 2 aromatic carbocycles. The molecule has 10 heteroatoms. The minimum absolute atomic E-state index is 0.0874. The molecule has 2 rings (SSSR count). The van der Waals surface area contributed by atoms with Crippen molar-refractivity contribution in [3.63, 3.8) is 0 Å². The van der Waals surface area contributed by atoms with Crippen LogP contribution in [0.2, 0.25) is 0 Å². The molecule has 0 radical (unpaired) electrons. The van der Waals surface area contributed by atoms with E-state index in [9.17, 15) is 35.5 Å². The number of alkyl halides is 3. The molecule has 0 aliphatic rings. The van der Waals surface area contributed by atoms with Crippen LogP contribution in [0.5, 0.6) is 0 Å². The monoisotopic (exact) mass is 395 g/mol. The van der Waals surface area contributed by atoms with Crippen molar-refractivity contribution in [1.29, 1.82) is 0 Å². The standard InChI is InChI=1S/C17H12F7NO2/c18-11-10(16(26)27)12(19)14(21)15(13(11)20)25-6-2-4-8-3-1-5-9(7-8)17(22,23)24/h1,3,5,7,25H,2,4,6H2,(H,26,27). The van der Waals surface area contributed by atoms with Gasteiger partial charge in [0.05, 0.1) is 5.56 Å². The van der Waals surface area contributed by atoms with E-state index in [-0.39, 0.29) is 19.4 Å². The molecule has 0 aliphatic heterocycles. The molecule has 0 aromatic heterocycles. The van der Waals surface area contributed by atoms with Crippen LogP contribution >= 0.6 is 0 Å². The first-order valence-electron chi connectivity index (χ1n) is 7.53. The third-order valence-electron chi connectivity index (χ3n) is 3.68. The fraction of sp³-hybridized carbons (Fsp3) is 0.235. The van der Waals surface area contributed by atoms with Crippen molar-refractivity contribution < 1.29 is 40.6 Å². The lowest BCUT2D eigenvalue weighted by molar-refractivity contribution is -0.137. The SMILES string of the molecule is O=C(O)c1c(F)c(F)c(NCCCc2cccc(C(F)(F)F)c2)c(F)c1F. The van der Waals surface area contributed by atoms with E-state index >= 15 is 0 Å². The quantitative estimate of drug-likeness (QED) is 0.411. The summed E-state index contributed by atoms with van der Waals surface area (Å²) in [6, 6.07) is 4.45. The largest absolute Gasteiger partial charge is 0.477 e. The molecule has 0 bridgehead atoms. The van der Waals surface area contributed by atoms with Crippen LogP contribution in [-0.2, 0) is 12.6 Å². The molecule has 0 aliphatic carbocycles. The normalized spacial score (nSPS) is 11.5. The first kappa shape index (κ1) is 20.5. The fourth-order valence-corrected chi connectivity index (χ4v) is 2.38. The number of hydrogen-bond donors (Lipinski definition) is 2. The topological polar surface area (TPSA) is 49.3 Å². The van der Waals surface area contributed by atoms with Gasteiger partial charge in [0.1, 0.15) is 11.3 Å². The Hall–Kier alpha value is -2.78. The predicted molar refractivity (Wildman–Crippen MR) is 81.5 cm³/mol. The number of aryl methyl sites for hydroxylation is 1. The molecular weight excluding hydrogens is 383 g/mol. The summed E-state index contributed by atoms with van der Waals surface area (Å²) in [4.78, 5) is 10.7. The molecule has 0 heterocycles. The highest BCUT2D eigenvalue weighted by atomic mass is 19.4. The van der Waals surface area contributed by atoms with Crippen molar-refractivity contribution in [2.75, 3.05) is 11.9 Å². The van der Waals surface area contributed by atoms with Crippen LogP contribution in [0.1, 0.15) is 27.9 Å². The number of rotatable bonds is 6. The van der Waals surface area contributed by atoms with Crippen LogP contribution in [-0.4, -0.2) is 17.6 Å². The second kappa shape index (κ2) is 7.85. The number of anilines is 1. The van der Waals surface area contributed by atoms with Crippen molar-refractivity contribution in [1.82, 2.24) is 0 Å². The number of carboxylic acid groups (broad SMARTS) is 1. The highest BCUT2D eigenvalue weighted by Crippen LogP contribution is 2.30. The van der Waals surface area contributed by atoms with Gasteiger partial charge in [-0.05, 0) is 24.5 Å². The van der Waals surface area contributed by atoms with Crippen LogP contribution in [0, 0.1) is 23.3 Å². The molecule has 0 saturated heterocycles. The number of hydrogen-bond acceptors (Lipinski definition) is 2. The maximum Gasteiger partial charge on any atom is 0.416 e. The smallest absolute Gasteiger partial charge is 0.416 e. The molecule has 0 unspecified atom stereocenters. The van der Waals surface area contributed by atoms with E-state index in [1.54, 1.807) is 0 Å². The summed E-state index contributed by atoms with van der Waals surface area (Å²) in [5.41, 5.74) is -3.47. The first-order valence-corrected chi connectivity index (χ1v) is 7.53. The van der Waals surface area contributed by atoms with Crippen molar-refractivity contribution in [3.8, 4) is 0 Å². The first-order chi connectivity index (χ1) is 12.5. The van der Waals surface area contributed by atoms with Crippen molar-refractivity contribution >= 4 is 11.7 Å². The summed E-state index contributed by atoms with van der Waals surface area (Å²) < 4.78 is 92.5. The number of nitrogens with one attached hydrogen (secondary N) is 1. The van der Waals surface area contributed by atoms with Crippen LogP contribution in [0.25, 0.3) is 0 Å². The Morgan fingerprint density at radius 1 is 1.00 bits per heavy atom. The van der Waals surface area contributed by atoms with Crippen molar-refractivity contribution in [3.05, 3.63) is 64.2 Å². The number of carboxylic acids is 1. The summed E-state index contributed by atoms with van der Waals surface area (Å²) in [5, 5.41) is 10.7. The average Bonchev–Trinajstić information content (AvgIpc) is 2.59. The molecule has 27 heavy (non-hydrogen) atoms. The van der Waals surface area contributed by atoms with E-state index < -0.39 is 52.2 Å². The molecule has 0 atom stereocenters. The number of halogens is 7. The molecule has 2 N–H and O–H groups in total. The molecule has 0 spiro atoms. The van der Waals surface area contributed by atoms with E-state index in [4.69, 9.17) is 5.11 Å². The van der Waals surface area contributed by atoms with E-state index in [1.165, 1.54) is 12.1 Å². The molecule has 3 nitrogen and oxygen atoms in total. The average molecular weight is 395 g/mol. The molecule has 0 fully saturated rings. The molecular formula is C17H12F7NO2. The highest BCUT2D eigenvalue weighted by Gasteiger charge is 2.30. The van der Waals surface area contributed by atoms with E-state index in [2.05, 4.69) is 5.32 Å². The second-order valence-electron chi connectivity index (χ2n) is 5.54. The minimum atomic E-state index is -4.51. The van der Waals surface area contributed by atoms with E-state index in [0.717, 1.165) is 12.1 Å². The maximum absolute atomic E-state index is 13.8. The summed E-state index contributed by atoms with van der Waals surface area (Å²) in [6.45, 7) is -0.227. The van der Waals surface area contributed by atoms with Gasteiger partial charge in [0.15, 0.2) is 23.3 Å². The Kier molecular flexibility index (Phi) is 5.97. The van der Waals surface area contributed by atoms with Gasteiger partial charge in [0.25, 0.3) is 0 Å². The van der Waals surface area contributed by atoms with E-state index in [0.29, 0.717) is 5.56 Å². The zero-order chi connectivity index (χ0) is 20.4. The third kappa shape index (κ3) is 4.50. The summed E-state index contributed by atoms with van der Waals surface area (Å²) in [5.74, 6) is -10.1. The maximum atomic E-state index is 13.8. The van der Waals surface area contributed by atoms with Crippen LogP contribution in [0.4, 0.5) is 36.4 Å². The summed E-state index contributed by atoms with van der Waals surface area (Å²) >= 11 is 0. The summed E-state index contributed by atoms with van der Waals surface area (Å²) in [6.07, 6.45) is -4.33. The lowest BCUT2D eigenvalue weighted by Crippen LogP contribution is -2.15. The fourth-order valence-electron chi connectivity index (χ4n) is 2.38. The zero-order valence-corrected chi connectivity index (χ0v) is 13.4. The number of carbonyl (C=O) groups is 1. The number of aromatic carboxylic acids is 1.